The van der Waals surface area contributed by atoms with Gasteiger partial charge in [0.05, 0.1) is 0 Å². The van der Waals surface area contributed by atoms with Gasteiger partial charge in [-0.25, -0.2) is 0 Å². The molecule has 0 radical (unpaired) electrons. The van der Waals surface area contributed by atoms with Crippen molar-refractivity contribution in [3.63, 3.8) is 0 Å². The van der Waals surface area contributed by atoms with Gasteiger partial charge in [-0.3, -0.25) is 0 Å². The Labute approximate surface area is 84.1 Å². The van der Waals surface area contributed by atoms with Gasteiger partial charge in [-0.15, -0.1) is 0 Å². The van der Waals surface area contributed by atoms with Crippen molar-refractivity contribution in [2.75, 3.05) is 0 Å². The van der Waals surface area contributed by atoms with Crippen LogP contribution in [-0.4, -0.2) is 4.98 Å². The molecular weight excluding hydrogens is 287 g/mol. The minimum absolute atomic E-state index is 0.223. The Kier molecular flexibility index (Phi) is 2.97. The zero-order valence-electron chi connectivity index (χ0n) is 4.47. The van der Waals surface area contributed by atoms with Gasteiger partial charge < -0.3 is 0 Å². The summed E-state index contributed by atoms with van der Waals surface area (Å²) in [4.78, 5) is 3.75. The van der Waals surface area contributed by atoms with E-state index in [1.807, 2.05) is 0 Å². The summed E-state index contributed by atoms with van der Waals surface area (Å²) in [5, 5.41) is 0.916. The van der Waals surface area contributed by atoms with Crippen molar-refractivity contribution in [3.8, 4) is 0 Å². The molecule has 1 aromatic heterocycles. The maximum atomic E-state index is 5.69. The van der Waals surface area contributed by atoms with Gasteiger partial charge in [0.2, 0.25) is 0 Å². The average molecular weight is 288 g/mol. The van der Waals surface area contributed by atoms with E-state index in [-0.39, 0.29) is 10.2 Å². The van der Waals surface area contributed by atoms with Crippen molar-refractivity contribution in [3.05, 3.63) is 21.4 Å². The molecule has 1 heterocycles. The van der Waals surface area contributed by atoms with E-state index < -0.39 is 0 Å². The van der Waals surface area contributed by atoms with E-state index in [4.69, 9.17) is 34.8 Å². The topological polar surface area (TPSA) is 12.9 Å². The Balaban J connectivity index is 3.34. The third kappa shape index (κ3) is 1.64. The molecule has 0 bridgehead atoms. The molecule has 0 saturated carbocycles. The normalized spacial score (nSPS) is 10.1. The molecule has 0 atom stereocenters. The van der Waals surface area contributed by atoms with Crippen LogP contribution in [0.5, 0.6) is 0 Å². The van der Waals surface area contributed by atoms with Gasteiger partial charge in [0.1, 0.15) is 0 Å². The zero-order valence-corrected chi connectivity index (χ0v) is 8.30. The van der Waals surface area contributed by atoms with Gasteiger partial charge >= 0.3 is 84.4 Å². The Hall–Kier alpha value is 0.682. The first kappa shape index (κ1) is 8.78. The molecule has 1 aromatic rings. The Morgan fingerprint density at radius 3 is 2.30 bits per heavy atom. The molecule has 0 aromatic carbocycles. The number of hydrogen-bond acceptors (Lipinski definition) is 1. The third-order valence-corrected chi connectivity index (χ3v) is 2.89. The molecule has 0 saturated heterocycles. The summed E-state index contributed by atoms with van der Waals surface area (Å²) in [6, 6.07) is 0. The molecule has 5 heteroatoms. The third-order valence-electron chi connectivity index (χ3n) is 0.853. The fraction of sp³-hybridized carbons (Fsp3) is 0. The molecule has 1 nitrogen and oxygen atoms in total. The van der Waals surface area contributed by atoms with Crippen molar-refractivity contribution >= 4 is 38.8 Å². The summed E-state index contributed by atoms with van der Waals surface area (Å²) in [5.41, 5.74) is 0. The number of rotatable bonds is 0. The number of halogens is 3. The van der Waals surface area contributed by atoms with E-state index in [0.29, 0.717) is 9.06 Å². The molecule has 0 unspecified atom stereocenters. The summed E-state index contributed by atoms with van der Waals surface area (Å²) in [5.74, 6) is 0. The Morgan fingerprint density at radius 2 is 1.80 bits per heavy atom. The van der Waals surface area contributed by atoms with Crippen molar-refractivity contribution in [2.24, 2.45) is 0 Å². The van der Waals surface area contributed by atoms with Gasteiger partial charge in [-0.1, -0.05) is 0 Å². The molecule has 0 fully saturated rings. The van der Waals surface area contributed by atoms with Crippen molar-refractivity contribution in [2.45, 2.75) is 0 Å². The second-order valence-corrected chi connectivity index (χ2v) is 3.44. The van der Waals surface area contributed by atoms with Crippen molar-refractivity contribution in [1.29, 1.82) is 0 Å². The molecular formula is C5HCl3NPd. The first-order valence-electron chi connectivity index (χ1n) is 2.25. The van der Waals surface area contributed by atoms with Crippen LogP contribution in [-0.2, 0) is 19.2 Å². The quantitative estimate of drug-likeness (QED) is 0.527. The molecule has 0 aliphatic heterocycles. The van der Waals surface area contributed by atoms with Gasteiger partial charge in [-0.2, -0.15) is 0 Å². The second kappa shape index (κ2) is 3.39. The summed E-state index contributed by atoms with van der Waals surface area (Å²) in [7, 11) is 0. The van der Waals surface area contributed by atoms with Crippen LogP contribution in [0.2, 0.25) is 15.2 Å². The molecule has 0 aliphatic rings. The van der Waals surface area contributed by atoms with Gasteiger partial charge in [0.25, 0.3) is 0 Å². The van der Waals surface area contributed by atoms with Crippen LogP contribution in [0.25, 0.3) is 0 Å². The van der Waals surface area contributed by atoms with Crippen LogP contribution in [0, 0.1) is 0 Å². The molecule has 0 amide bonds. The van der Waals surface area contributed by atoms with Gasteiger partial charge in [-0.05, 0) is 0 Å². The standard InChI is InChI=1S/C5HCl3N.Pd/c6-3-1-2-9-5(8)4(3)7;/h2H;. The summed E-state index contributed by atoms with van der Waals surface area (Å²) in [6.45, 7) is 0. The summed E-state index contributed by atoms with van der Waals surface area (Å²) >= 11 is 19.7. The molecule has 1 rings (SSSR count). The van der Waals surface area contributed by atoms with Crippen LogP contribution in [0.4, 0.5) is 0 Å². The van der Waals surface area contributed by atoms with Crippen LogP contribution in [0.15, 0.2) is 6.20 Å². The first-order chi connectivity index (χ1) is 4.63. The predicted octanol–water partition coefficient (Wildman–Crippen LogP) is 2.21. The summed E-state index contributed by atoms with van der Waals surface area (Å²) < 4.78 is 0.680. The summed E-state index contributed by atoms with van der Waals surface area (Å²) in [6.07, 6.45) is 1.51. The van der Waals surface area contributed by atoms with Crippen LogP contribution in [0.1, 0.15) is 0 Å². The van der Waals surface area contributed by atoms with E-state index in [1.54, 1.807) is 0 Å². The monoisotopic (exact) mass is 286 g/mol. The maximum absolute atomic E-state index is 5.69. The number of nitrogens with zero attached hydrogens (tertiary/aromatic N) is 1. The number of hydrogen-bond donors (Lipinski definition) is 0. The van der Waals surface area contributed by atoms with Gasteiger partial charge in [0.15, 0.2) is 0 Å². The molecule has 57 valence electrons. The molecule has 0 N–H and O–H groups in total. The van der Waals surface area contributed by atoms with Crippen LogP contribution in [0.3, 0.4) is 0 Å². The molecule has 0 aliphatic carbocycles. The van der Waals surface area contributed by atoms with E-state index in [2.05, 4.69) is 24.2 Å². The predicted molar refractivity (Wildman–Crippen MR) is 38.9 cm³/mol. The SMILES string of the molecule is Clc1nc[c]([Pd])c(Cl)c1Cl. The van der Waals surface area contributed by atoms with Crippen molar-refractivity contribution < 1.29 is 19.2 Å². The first-order valence-corrected chi connectivity index (χ1v) is 4.16. The average Bonchev–Trinajstić information content (AvgIpc) is 1.93. The van der Waals surface area contributed by atoms with E-state index >= 15 is 0 Å². The van der Waals surface area contributed by atoms with E-state index in [0.717, 1.165) is 0 Å². The molecule has 10 heavy (non-hydrogen) atoms. The number of pyridine rings is 1. The Morgan fingerprint density at radius 1 is 1.20 bits per heavy atom. The molecule has 0 spiro atoms. The fourth-order valence-electron chi connectivity index (χ4n) is 0.411. The number of aromatic nitrogens is 1. The van der Waals surface area contributed by atoms with Crippen molar-refractivity contribution in [1.82, 2.24) is 4.98 Å². The van der Waals surface area contributed by atoms with Gasteiger partial charge in [0, 0.05) is 0 Å². The zero-order chi connectivity index (χ0) is 7.72. The van der Waals surface area contributed by atoms with E-state index in [9.17, 15) is 0 Å². The van der Waals surface area contributed by atoms with E-state index in [1.165, 1.54) is 6.20 Å². The second-order valence-electron chi connectivity index (χ2n) is 1.49. The van der Waals surface area contributed by atoms with Crippen LogP contribution >= 0.6 is 34.8 Å². The Bertz CT molecular complexity index is 236. The minimum atomic E-state index is 0.223. The fourth-order valence-corrected chi connectivity index (χ4v) is 1.29. The van der Waals surface area contributed by atoms with Crippen LogP contribution < -0.4 is 4.04 Å².